The van der Waals surface area contributed by atoms with Crippen LogP contribution in [0.2, 0.25) is 0 Å². The lowest BCUT2D eigenvalue weighted by molar-refractivity contribution is 0.0252. The summed E-state index contributed by atoms with van der Waals surface area (Å²) >= 11 is 0. The molecule has 1 N–H and O–H groups in total. The van der Waals surface area contributed by atoms with Gasteiger partial charge in [0, 0.05) is 13.7 Å². The van der Waals surface area contributed by atoms with Crippen molar-refractivity contribution in [3.8, 4) is 0 Å². The Morgan fingerprint density at radius 3 is 2.61 bits per heavy atom. The van der Waals surface area contributed by atoms with Crippen LogP contribution in [-0.2, 0) is 9.47 Å². The van der Waals surface area contributed by atoms with Gasteiger partial charge in [0.25, 0.3) is 0 Å². The fourth-order valence-electron chi connectivity index (χ4n) is 4.12. The molecule has 0 aromatic rings. The summed E-state index contributed by atoms with van der Waals surface area (Å²) in [5.41, 5.74) is -0.458. The molecule has 23 heavy (non-hydrogen) atoms. The van der Waals surface area contributed by atoms with E-state index in [1.165, 1.54) is 12.8 Å². The van der Waals surface area contributed by atoms with Crippen LogP contribution in [0.25, 0.3) is 0 Å². The fourth-order valence-corrected chi connectivity index (χ4v) is 4.12. The smallest absolute Gasteiger partial charge is 0.410 e. The highest BCUT2D eigenvalue weighted by Gasteiger charge is 2.39. The fraction of sp³-hybridized carbons (Fsp3) is 0.833. The van der Waals surface area contributed by atoms with E-state index < -0.39 is 5.60 Å². The third kappa shape index (κ3) is 3.89. The third-order valence-electron chi connectivity index (χ3n) is 5.28. The molecule has 5 heteroatoms. The lowest BCUT2D eigenvalue weighted by Gasteiger charge is -2.25. The van der Waals surface area contributed by atoms with Crippen LogP contribution < -0.4 is 5.32 Å². The van der Waals surface area contributed by atoms with Crippen molar-refractivity contribution in [2.75, 3.05) is 26.7 Å². The van der Waals surface area contributed by atoms with E-state index in [0.717, 1.165) is 24.3 Å². The lowest BCUT2D eigenvalue weighted by atomic mass is 9.93. The van der Waals surface area contributed by atoms with Crippen molar-refractivity contribution in [2.45, 2.75) is 51.4 Å². The quantitative estimate of drug-likeness (QED) is 0.808. The van der Waals surface area contributed by atoms with Crippen LogP contribution in [0.15, 0.2) is 12.2 Å². The van der Waals surface area contributed by atoms with Gasteiger partial charge in [-0.05, 0) is 57.9 Å². The number of amides is 1. The minimum atomic E-state index is -0.458. The molecular formula is C18H30N2O3. The van der Waals surface area contributed by atoms with E-state index in [1.807, 2.05) is 20.8 Å². The largest absolute Gasteiger partial charge is 0.444 e. The Morgan fingerprint density at radius 2 is 2.04 bits per heavy atom. The van der Waals surface area contributed by atoms with Gasteiger partial charge in [-0.2, -0.15) is 0 Å². The SMILES string of the molecule is CO[C@H]1CN(C(=O)OC(C)(C)C)CC1NCC1CC2C=CC1C2. The van der Waals surface area contributed by atoms with Gasteiger partial charge in [0.05, 0.1) is 18.7 Å². The number of fused-ring (bicyclic) bond motifs is 2. The molecule has 1 saturated heterocycles. The van der Waals surface area contributed by atoms with Gasteiger partial charge in [0.2, 0.25) is 0 Å². The molecule has 2 aliphatic carbocycles. The molecule has 0 aromatic heterocycles. The lowest BCUT2D eigenvalue weighted by Crippen LogP contribution is -2.43. The first-order valence-corrected chi connectivity index (χ1v) is 8.78. The number of hydrogen-bond donors (Lipinski definition) is 1. The van der Waals surface area contributed by atoms with Crippen molar-refractivity contribution in [3.63, 3.8) is 0 Å². The number of allylic oxidation sites excluding steroid dienone is 2. The monoisotopic (exact) mass is 322 g/mol. The molecule has 5 nitrogen and oxygen atoms in total. The summed E-state index contributed by atoms with van der Waals surface area (Å²) in [6, 6.07) is 0.190. The van der Waals surface area contributed by atoms with Gasteiger partial charge < -0.3 is 19.7 Å². The zero-order valence-corrected chi connectivity index (χ0v) is 14.7. The molecule has 0 radical (unpaired) electrons. The minimum absolute atomic E-state index is 0.0386. The maximum absolute atomic E-state index is 12.2. The van der Waals surface area contributed by atoms with Gasteiger partial charge in [-0.1, -0.05) is 12.2 Å². The molecule has 1 saturated carbocycles. The predicted molar refractivity (Wildman–Crippen MR) is 89.2 cm³/mol. The molecule has 3 rings (SSSR count). The zero-order chi connectivity index (χ0) is 16.6. The first-order valence-electron chi connectivity index (χ1n) is 8.78. The number of ether oxygens (including phenoxy) is 2. The summed E-state index contributed by atoms with van der Waals surface area (Å²) in [7, 11) is 1.72. The standard InChI is InChI=1S/C18H30N2O3/c1-18(2,3)23-17(21)20-10-15(16(11-20)22-4)19-9-14-8-12-5-6-13(14)7-12/h5-6,12-16,19H,7-11H2,1-4H3/t12?,13?,14?,15?,16-/m0/s1. The molecule has 1 amide bonds. The second kappa shape index (κ2) is 6.44. The van der Waals surface area contributed by atoms with Gasteiger partial charge >= 0.3 is 6.09 Å². The second-order valence-electron chi connectivity index (χ2n) is 8.21. The average molecular weight is 322 g/mol. The van der Waals surface area contributed by atoms with Crippen LogP contribution in [0.1, 0.15) is 33.6 Å². The number of carbonyl (C=O) groups excluding carboxylic acids is 1. The second-order valence-corrected chi connectivity index (χ2v) is 8.21. The number of hydrogen-bond acceptors (Lipinski definition) is 4. The molecule has 130 valence electrons. The Bertz CT molecular complexity index is 471. The van der Waals surface area contributed by atoms with Crippen molar-refractivity contribution in [2.24, 2.45) is 17.8 Å². The van der Waals surface area contributed by atoms with E-state index in [0.29, 0.717) is 13.1 Å². The summed E-state index contributed by atoms with van der Waals surface area (Å²) in [5.74, 6) is 2.28. The van der Waals surface area contributed by atoms with Crippen LogP contribution in [-0.4, -0.2) is 55.5 Å². The molecule has 0 spiro atoms. The van der Waals surface area contributed by atoms with Crippen LogP contribution in [0.4, 0.5) is 4.79 Å². The molecule has 0 aromatic carbocycles. The Hall–Kier alpha value is -1.07. The first-order chi connectivity index (χ1) is 10.9. The van der Waals surface area contributed by atoms with E-state index >= 15 is 0 Å². The van der Waals surface area contributed by atoms with Crippen molar-refractivity contribution in [1.29, 1.82) is 0 Å². The van der Waals surface area contributed by atoms with Crippen LogP contribution in [0, 0.1) is 17.8 Å². The van der Waals surface area contributed by atoms with Gasteiger partial charge in [-0.25, -0.2) is 4.79 Å². The third-order valence-corrected chi connectivity index (χ3v) is 5.28. The number of likely N-dealkylation sites (tertiary alicyclic amines) is 1. The summed E-state index contributed by atoms with van der Waals surface area (Å²) in [5, 5.41) is 3.65. The normalized spacial score (nSPS) is 36.0. The topological polar surface area (TPSA) is 50.8 Å². The van der Waals surface area contributed by atoms with Gasteiger partial charge in [0.15, 0.2) is 0 Å². The van der Waals surface area contributed by atoms with E-state index in [1.54, 1.807) is 12.0 Å². The molecule has 2 bridgehead atoms. The summed E-state index contributed by atoms with van der Waals surface area (Å²) < 4.78 is 11.1. The Kier molecular flexibility index (Phi) is 4.70. The number of rotatable bonds is 4. The highest BCUT2D eigenvalue weighted by atomic mass is 16.6. The highest BCUT2D eigenvalue weighted by Crippen LogP contribution is 2.43. The van der Waals surface area contributed by atoms with Crippen molar-refractivity contribution >= 4 is 6.09 Å². The number of methoxy groups -OCH3 is 1. The maximum atomic E-state index is 12.2. The molecular weight excluding hydrogens is 292 g/mol. The maximum Gasteiger partial charge on any atom is 0.410 e. The van der Waals surface area contributed by atoms with E-state index in [-0.39, 0.29) is 18.2 Å². The summed E-state index contributed by atoms with van der Waals surface area (Å²) in [6.07, 6.45) is 7.18. The van der Waals surface area contributed by atoms with Gasteiger partial charge in [0.1, 0.15) is 5.60 Å². The molecule has 3 aliphatic rings. The number of nitrogens with zero attached hydrogens (tertiary/aromatic N) is 1. The summed E-state index contributed by atoms with van der Waals surface area (Å²) in [4.78, 5) is 14.0. The van der Waals surface area contributed by atoms with Crippen LogP contribution in [0.3, 0.4) is 0 Å². The molecule has 4 unspecified atom stereocenters. The molecule has 1 aliphatic heterocycles. The molecule has 5 atom stereocenters. The average Bonchev–Trinajstić information content (AvgIpc) is 3.17. The predicted octanol–water partition coefficient (Wildman–Crippen LogP) is 2.42. The Labute approximate surface area is 139 Å². The van der Waals surface area contributed by atoms with Gasteiger partial charge in [-0.3, -0.25) is 0 Å². The Balaban J connectivity index is 1.51. The number of carbonyl (C=O) groups is 1. The summed E-state index contributed by atoms with van der Waals surface area (Å²) in [6.45, 7) is 7.95. The molecule has 2 fully saturated rings. The highest BCUT2D eigenvalue weighted by molar-refractivity contribution is 5.68. The molecule has 1 heterocycles. The number of nitrogens with one attached hydrogen (secondary N) is 1. The van der Waals surface area contributed by atoms with E-state index in [4.69, 9.17) is 9.47 Å². The minimum Gasteiger partial charge on any atom is -0.444 e. The first kappa shape index (κ1) is 16.8. The zero-order valence-electron chi connectivity index (χ0n) is 14.7. The van der Waals surface area contributed by atoms with E-state index in [9.17, 15) is 4.79 Å². The van der Waals surface area contributed by atoms with Crippen LogP contribution >= 0.6 is 0 Å². The van der Waals surface area contributed by atoms with Gasteiger partial charge in [-0.15, -0.1) is 0 Å². The van der Waals surface area contributed by atoms with Crippen molar-refractivity contribution in [1.82, 2.24) is 10.2 Å². The Morgan fingerprint density at radius 1 is 1.26 bits per heavy atom. The van der Waals surface area contributed by atoms with Crippen LogP contribution in [0.5, 0.6) is 0 Å². The van der Waals surface area contributed by atoms with Crippen molar-refractivity contribution in [3.05, 3.63) is 12.2 Å². The van der Waals surface area contributed by atoms with E-state index in [2.05, 4.69) is 17.5 Å². The van der Waals surface area contributed by atoms with Crippen molar-refractivity contribution < 1.29 is 14.3 Å².